The fourth-order valence-electron chi connectivity index (χ4n) is 2.87. The largest absolute Gasteiger partial charge is 0.372 e. The van der Waals surface area contributed by atoms with Gasteiger partial charge >= 0.3 is 0 Å². The van der Waals surface area contributed by atoms with Crippen molar-refractivity contribution >= 4 is 11.6 Å². The van der Waals surface area contributed by atoms with Gasteiger partial charge in [-0.05, 0) is 44.2 Å². The number of hydrogen-bond donors (Lipinski definition) is 1. The van der Waals surface area contributed by atoms with Crippen molar-refractivity contribution in [3.8, 4) is 0 Å². The van der Waals surface area contributed by atoms with Crippen LogP contribution in [0.3, 0.4) is 0 Å². The van der Waals surface area contributed by atoms with Crippen LogP contribution in [0.1, 0.15) is 84.8 Å². The summed E-state index contributed by atoms with van der Waals surface area (Å²) in [6, 6.07) is 6.05. The molecule has 0 aliphatic heterocycles. The Morgan fingerprint density at radius 1 is 1.04 bits per heavy atom. The van der Waals surface area contributed by atoms with Crippen LogP contribution in [0, 0.1) is 19.8 Å². The molecule has 0 aliphatic carbocycles. The number of rotatable bonds is 9. The van der Waals surface area contributed by atoms with Crippen molar-refractivity contribution in [3.05, 3.63) is 29.3 Å². The van der Waals surface area contributed by atoms with E-state index in [0.717, 1.165) is 24.1 Å². The lowest BCUT2D eigenvalue weighted by Crippen LogP contribution is -2.30. The number of hydrogen-bond acceptors (Lipinski definition) is 2. The second kappa shape index (κ2) is 17.1. The van der Waals surface area contributed by atoms with Gasteiger partial charge in [-0.15, -0.1) is 0 Å². The van der Waals surface area contributed by atoms with E-state index >= 15 is 0 Å². The van der Waals surface area contributed by atoms with Crippen LogP contribution in [0.25, 0.3) is 0 Å². The van der Waals surface area contributed by atoms with Gasteiger partial charge in [0.2, 0.25) is 0 Å². The highest BCUT2D eigenvalue weighted by molar-refractivity contribution is 5.94. The van der Waals surface area contributed by atoms with E-state index in [0.29, 0.717) is 5.92 Å². The zero-order valence-corrected chi connectivity index (χ0v) is 18.7. The molecule has 1 amide bonds. The second-order valence-electron chi connectivity index (χ2n) is 6.17. The summed E-state index contributed by atoms with van der Waals surface area (Å²) in [5.74, 6) is 0.650. The maximum absolute atomic E-state index is 12.4. The molecule has 0 radical (unpaired) electrons. The van der Waals surface area contributed by atoms with Crippen LogP contribution in [-0.2, 0) is 9.53 Å². The summed E-state index contributed by atoms with van der Waals surface area (Å²) < 4.78 is 5.41. The summed E-state index contributed by atoms with van der Waals surface area (Å²) in [7, 11) is 1.62. The highest BCUT2D eigenvalue weighted by Gasteiger charge is 2.20. The molecule has 2 unspecified atom stereocenters. The molecule has 3 heteroatoms. The van der Waals surface area contributed by atoms with Crippen molar-refractivity contribution in [2.45, 2.75) is 93.6 Å². The molecule has 0 heterocycles. The highest BCUT2D eigenvalue weighted by atomic mass is 16.5. The molecule has 1 aromatic rings. The van der Waals surface area contributed by atoms with Gasteiger partial charge in [0.15, 0.2) is 0 Å². The molecule has 2 atom stereocenters. The molecule has 0 saturated carbocycles. The first-order valence-corrected chi connectivity index (χ1v) is 10.4. The summed E-state index contributed by atoms with van der Waals surface area (Å²) >= 11 is 0. The average Bonchev–Trinajstić information content (AvgIpc) is 2.66. The third-order valence-electron chi connectivity index (χ3n) is 4.33. The van der Waals surface area contributed by atoms with Gasteiger partial charge < -0.3 is 10.1 Å². The Morgan fingerprint density at radius 2 is 1.65 bits per heavy atom. The molecular formula is C23H43NO2. The number of benzene rings is 1. The fourth-order valence-corrected chi connectivity index (χ4v) is 2.87. The lowest BCUT2D eigenvalue weighted by atomic mass is 9.93. The van der Waals surface area contributed by atoms with Crippen molar-refractivity contribution in [2.75, 3.05) is 12.4 Å². The number of carbonyl (C=O) groups is 1. The van der Waals surface area contributed by atoms with Crippen LogP contribution < -0.4 is 5.32 Å². The molecule has 26 heavy (non-hydrogen) atoms. The van der Waals surface area contributed by atoms with Crippen LogP contribution in [0.4, 0.5) is 5.69 Å². The first-order chi connectivity index (χ1) is 12.5. The van der Waals surface area contributed by atoms with E-state index in [1.54, 1.807) is 7.11 Å². The molecular weight excluding hydrogens is 322 g/mol. The van der Waals surface area contributed by atoms with Crippen LogP contribution in [0.15, 0.2) is 18.2 Å². The minimum atomic E-state index is -0.369. The smallest absolute Gasteiger partial charge is 0.253 e. The van der Waals surface area contributed by atoms with Crippen LogP contribution >= 0.6 is 0 Å². The van der Waals surface area contributed by atoms with Crippen molar-refractivity contribution in [1.29, 1.82) is 0 Å². The summed E-state index contributed by atoms with van der Waals surface area (Å²) in [4.78, 5) is 12.4. The molecule has 0 aliphatic rings. The van der Waals surface area contributed by atoms with Gasteiger partial charge in [0.25, 0.3) is 5.91 Å². The van der Waals surface area contributed by atoms with Crippen LogP contribution in [0.2, 0.25) is 0 Å². The van der Waals surface area contributed by atoms with Gasteiger partial charge in [-0.2, -0.15) is 0 Å². The fraction of sp³-hybridized carbons (Fsp3) is 0.696. The zero-order chi connectivity index (χ0) is 20.5. The number of carbonyl (C=O) groups excluding carboxylic acids is 1. The third-order valence-corrected chi connectivity index (χ3v) is 4.33. The highest BCUT2D eigenvalue weighted by Crippen LogP contribution is 2.21. The van der Waals surface area contributed by atoms with E-state index in [9.17, 15) is 4.79 Å². The van der Waals surface area contributed by atoms with Gasteiger partial charge in [0, 0.05) is 12.8 Å². The Kier molecular flexibility index (Phi) is 17.7. The Bertz CT molecular complexity index is 471. The van der Waals surface area contributed by atoms with E-state index in [-0.39, 0.29) is 12.0 Å². The van der Waals surface area contributed by atoms with Gasteiger partial charge in [-0.1, -0.05) is 78.5 Å². The minimum absolute atomic E-state index is 0.0409. The van der Waals surface area contributed by atoms with Gasteiger partial charge in [-0.3, -0.25) is 4.79 Å². The molecule has 1 aromatic carbocycles. The zero-order valence-electron chi connectivity index (χ0n) is 18.7. The maximum Gasteiger partial charge on any atom is 0.253 e. The van der Waals surface area contributed by atoms with Crippen molar-refractivity contribution < 1.29 is 9.53 Å². The number of methoxy groups -OCH3 is 1. The Labute approximate surface area is 162 Å². The number of amides is 1. The molecule has 1 rings (SSSR count). The molecule has 152 valence electrons. The molecule has 0 fully saturated rings. The van der Waals surface area contributed by atoms with E-state index in [1.165, 1.54) is 24.8 Å². The topological polar surface area (TPSA) is 38.3 Å². The molecule has 0 saturated heterocycles. The quantitative estimate of drug-likeness (QED) is 0.516. The van der Waals surface area contributed by atoms with E-state index in [1.807, 2.05) is 46.8 Å². The molecule has 0 aromatic heterocycles. The Morgan fingerprint density at radius 3 is 2.12 bits per heavy atom. The average molecular weight is 366 g/mol. The van der Waals surface area contributed by atoms with Crippen LogP contribution in [-0.4, -0.2) is 19.1 Å². The number of aryl methyl sites for hydroxylation is 2. The van der Waals surface area contributed by atoms with Gasteiger partial charge in [0.05, 0.1) is 0 Å². The summed E-state index contributed by atoms with van der Waals surface area (Å²) in [6.07, 6.45) is 5.06. The first kappa shape index (κ1) is 26.9. The summed E-state index contributed by atoms with van der Waals surface area (Å²) in [5.41, 5.74) is 3.16. The third kappa shape index (κ3) is 10.6. The summed E-state index contributed by atoms with van der Waals surface area (Å²) in [5, 5.41) is 3.00. The maximum atomic E-state index is 12.4. The summed E-state index contributed by atoms with van der Waals surface area (Å²) in [6.45, 7) is 16.5. The normalized spacial score (nSPS) is 12.0. The number of nitrogens with one attached hydrogen (secondary N) is 1. The first-order valence-electron chi connectivity index (χ1n) is 10.4. The molecule has 1 N–H and O–H groups in total. The SMILES string of the molecule is CC.CC.CCCC(CC)CCC(OC)C(=O)Nc1ccc(C)cc1C. The predicted octanol–water partition coefficient (Wildman–Crippen LogP) is 6.92. The lowest BCUT2D eigenvalue weighted by molar-refractivity contribution is -0.126. The Balaban J connectivity index is 0. The number of anilines is 1. The van der Waals surface area contributed by atoms with Gasteiger partial charge in [0.1, 0.15) is 6.10 Å². The lowest BCUT2D eigenvalue weighted by Gasteiger charge is -2.19. The monoisotopic (exact) mass is 365 g/mol. The van der Waals surface area contributed by atoms with E-state index in [4.69, 9.17) is 4.74 Å². The minimum Gasteiger partial charge on any atom is -0.372 e. The molecule has 3 nitrogen and oxygen atoms in total. The standard InChI is InChI=1S/C19H31NO2.2C2H6/c1-6-8-16(7-2)10-12-18(22-5)19(21)20-17-11-9-14(3)13-15(17)4;2*1-2/h9,11,13,16,18H,6-8,10,12H2,1-5H3,(H,20,21);2*1-2H3. The number of ether oxygens (including phenoxy) is 1. The van der Waals surface area contributed by atoms with Crippen molar-refractivity contribution in [1.82, 2.24) is 0 Å². The second-order valence-corrected chi connectivity index (χ2v) is 6.17. The van der Waals surface area contributed by atoms with Crippen molar-refractivity contribution in [3.63, 3.8) is 0 Å². The van der Waals surface area contributed by atoms with Crippen molar-refractivity contribution in [2.24, 2.45) is 5.92 Å². The predicted molar refractivity (Wildman–Crippen MR) is 116 cm³/mol. The van der Waals surface area contributed by atoms with E-state index in [2.05, 4.69) is 32.2 Å². The van der Waals surface area contributed by atoms with Gasteiger partial charge in [-0.25, -0.2) is 0 Å². The molecule has 0 bridgehead atoms. The Hall–Kier alpha value is -1.35. The van der Waals surface area contributed by atoms with Crippen LogP contribution in [0.5, 0.6) is 0 Å². The van der Waals surface area contributed by atoms with E-state index < -0.39 is 0 Å². The molecule has 0 spiro atoms.